The van der Waals surface area contributed by atoms with Crippen molar-refractivity contribution in [3.8, 4) is 5.75 Å². The number of non-ortho nitro benzene ring substituents is 1. The zero-order valence-electron chi connectivity index (χ0n) is 12.0. The first-order valence-corrected chi connectivity index (χ1v) is 6.80. The molecule has 0 bridgehead atoms. The number of hydrogen-bond acceptors (Lipinski definition) is 4. The second-order valence-corrected chi connectivity index (χ2v) is 4.92. The first kappa shape index (κ1) is 16.6. The quantitative estimate of drug-likeness (QED) is 0.354. The number of hydrogen-bond donors (Lipinski definition) is 0. The van der Waals surface area contributed by atoms with Gasteiger partial charge in [-0.2, -0.15) is 0 Å². The topological polar surface area (TPSA) is 69.4 Å². The molecule has 0 amide bonds. The normalized spacial score (nSPS) is 10.7. The Bertz CT molecular complexity index is 805. The van der Waals surface area contributed by atoms with E-state index in [-0.39, 0.29) is 22.0 Å². The van der Waals surface area contributed by atoms with Crippen LogP contribution in [0.1, 0.15) is 15.9 Å². The van der Waals surface area contributed by atoms with E-state index in [0.29, 0.717) is 5.56 Å². The van der Waals surface area contributed by atoms with Gasteiger partial charge >= 0.3 is 0 Å². The molecule has 0 aliphatic carbocycles. The van der Waals surface area contributed by atoms with Gasteiger partial charge < -0.3 is 4.74 Å². The Kier molecular flexibility index (Phi) is 5.08. The van der Waals surface area contributed by atoms with Crippen LogP contribution < -0.4 is 4.74 Å². The highest BCUT2D eigenvalue weighted by Gasteiger charge is 2.10. The van der Waals surface area contributed by atoms with Crippen LogP contribution in [0.4, 0.5) is 10.1 Å². The van der Waals surface area contributed by atoms with Crippen molar-refractivity contribution >= 4 is 29.1 Å². The van der Waals surface area contributed by atoms with Crippen molar-refractivity contribution in [1.29, 1.82) is 0 Å². The van der Waals surface area contributed by atoms with E-state index < -0.39 is 16.5 Å². The number of nitro groups is 1. The fourth-order valence-electron chi connectivity index (χ4n) is 1.85. The molecule has 23 heavy (non-hydrogen) atoms. The Hall–Kier alpha value is -2.73. The molecule has 0 unspecified atom stereocenters. The monoisotopic (exact) mass is 335 g/mol. The first-order chi connectivity index (χ1) is 10.9. The second kappa shape index (κ2) is 7.02. The Morgan fingerprint density at radius 2 is 2.04 bits per heavy atom. The highest BCUT2D eigenvalue weighted by Crippen LogP contribution is 2.24. The molecule has 0 aliphatic heterocycles. The number of nitrogens with zero attached hydrogens (tertiary/aromatic N) is 1. The summed E-state index contributed by atoms with van der Waals surface area (Å²) in [5, 5.41) is 11.0. The lowest BCUT2D eigenvalue weighted by atomic mass is 10.1. The summed E-state index contributed by atoms with van der Waals surface area (Å²) in [5.74, 6) is -1.08. The summed E-state index contributed by atoms with van der Waals surface area (Å²) in [4.78, 5) is 22.2. The largest absolute Gasteiger partial charge is 0.494 e. The Morgan fingerprint density at radius 1 is 1.30 bits per heavy atom. The van der Waals surface area contributed by atoms with E-state index in [1.807, 2.05) is 0 Å². The van der Waals surface area contributed by atoms with Crippen molar-refractivity contribution in [1.82, 2.24) is 0 Å². The number of carbonyl (C=O) groups excluding carboxylic acids is 1. The van der Waals surface area contributed by atoms with Gasteiger partial charge in [0.15, 0.2) is 17.3 Å². The fourth-order valence-corrected chi connectivity index (χ4v) is 2.03. The van der Waals surface area contributed by atoms with Crippen molar-refractivity contribution in [2.24, 2.45) is 0 Å². The third kappa shape index (κ3) is 3.92. The SMILES string of the molecule is COc1ccc(C(=O)/C=C/c2cc([N+](=O)[O-])ccc2Cl)cc1F. The van der Waals surface area contributed by atoms with Gasteiger partial charge in [-0.1, -0.05) is 11.6 Å². The van der Waals surface area contributed by atoms with Crippen molar-refractivity contribution in [3.05, 3.63) is 74.6 Å². The van der Waals surface area contributed by atoms with Gasteiger partial charge in [0, 0.05) is 22.7 Å². The molecule has 2 aromatic carbocycles. The van der Waals surface area contributed by atoms with Crippen LogP contribution in [0.5, 0.6) is 5.75 Å². The number of halogens is 2. The molecule has 0 heterocycles. The maximum absolute atomic E-state index is 13.6. The van der Waals surface area contributed by atoms with Gasteiger partial charge in [0.25, 0.3) is 5.69 Å². The zero-order valence-corrected chi connectivity index (χ0v) is 12.7. The van der Waals surface area contributed by atoms with Crippen molar-refractivity contribution < 1.29 is 18.8 Å². The lowest BCUT2D eigenvalue weighted by Gasteiger charge is -2.03. The number of ether oxygens (including phenoxy) is 1. The summed E-state index contributed by atoms with van der Waals surface area (Å²) in [5.41, 5.74) is 0.307. The lowest BCUT2D eigenvalue weighted by Crippen LogP contribution is -1.97. The fraction of sp³-hybridized carbons (Fsp3) is 0.0625. The smallest absolute Gasteiger partial charge is 0.270 e. The van der Waals surface area contributed by atoms with Crippen LogP contribution in [0.2, 0.25) is 5.02 Å². The third-order valence-corrected chi connectivity index (χ3v) is 3.39. The van der Waals surface area contributed by atoms with Crippen LogP contribution in [-0.2, 0) is 0 Å². The molecule has 2 rings (SSSR count). The molecule has 0 N–H and O–H groups in total. The molecule has 0 aliphatic rings. The maximum atomic E-state index is 13.6. The van der Waals surface area contributed by atoms with Gasteiger partial charge in [-0.05, 0) is 42.0 Å². The van der Waals surface area contributed by atoms with Crippen molar-refractivity contribution in [2.75, 3.05) is 7.11 Å². The van der Waals surface area contributed by atoms with Gasteiger partial charge in [-0.15, -0.1) is 0 Å². The van der Waals surface area contributed by atoms with E-state index in [1.54, 1.807) is 0 Å². The van der Waals surface area contributed by atoms with Gasteiger partial charge in [-0.25, -0.2) is 4.39 Å². The van der Waals surface area contributed by atoms with E-state index in [9.17, 15) is 19.3 Å². The minimum atomic E-state index is -0.653. The van der Waals surface area contributed by atoms with Crippen molar-refractivity contribution in [3.63, 3.8) is 0 Å². The summed E-state index contributed by atoms with van der Waals surface area (Å²) in [6, 6.07) is 7.71. The average Bonchev–Trinajstić information content (AvgIpc) is 2.53. The molecule has 0 radical (unpaired) electrons. The minimum absolute atomic E-state index is 0.0345. The van der Waals surface area contributed by atoms with E-state index in [2.05, 4.69) is 0 Å². The summed E-state index contributed by atoms with van der Waals surface area (Å²) in [7, 11) is 1.32. The maximum Gasteiger partial charge on any atom is 0.270 e. The van der Waals surface area contributed by atoms with Gasteiger partial charge in [-0.3, -0.25) is 14.9 Å². The molecular weight excluding hydrogens is 325 g/mol. The molecule has 5 nitrogen and oxygen atoms in total. The Labute approximate surface area is 136 Å². The number of carbonyl (C=O) groups is 1. The van der Waals surface area contributed by atoms with Gasteiger partial charge in [0.2, 0.25) is 0 Å². The highest BCUT2D eigenvalue weighted by atomic mass is 35.5. The van der Waals surface area contributed by atoms with E-state index in [0.717, 1.165) is 6.07 Å². The molecular formula is C16H11ClFNO4. The van der Waals surface area contributed by atoms with Crippen LogP contribution in [0.15, 0.2) is 42.5 Å². The van der Waals surface area contributed by atoms with E-state index in [4.69, 9.17) is 16.3 Å². The molecule has 0 spiro atoms. The highest BCUT2D eigenvalue weighted by molar-refractivity contribution is 6.32. The van der Waals surface area contributed by atoms with Gasteiger partial charge in [0.05, 0.1) is 12.0 Å². The van der Waals surface area contributed by atoms with E-state index in [1.165, 1.54) is 49.6 Å². The number of ketones is 1. The van der Waals surface area contributed by atoms with Crippen LogP contribution in [0.3, 0.4) is 0 Å². The second-order valence-electron chi connectivity index (χ2n) is 4.51. The predicted molar refractivity (Wildman–Crippen MR) is 84.4 cm³/mol. The minimum Gasteiger partial charge on any atom is -0.494 e. The molecule has 2 aromatic rings. The van der Waals surface area contributed by atoms with E-state index >= 15 is 0 Å². The third-order valence-electron chi connectivity index (χ3n) is 3.04. The summed E-state index contributed by atoms with van der Waals surface area (Å²) in [6.45, 7) is 0. The molecule has 0 saturated heterocycles. The Morgan fingerprint density at radius 3 is 2.65 bits per heavy atom. The van der Waals surface area contributed by atoms with Crippen LogP contribution in [-0.4, -0.2) is 17.8 Å². The summed E-state index contributed by atoms with van der Waals surface area (Å²) in [6.07, 6.45) is 2.52. The van der Waals surface area contributed by atoms with Crippen molar-refractivity contribution in [2.45, 2.75) is 0 Å². The number of benzene rings is 2. The van der Waals surface area contributed by atoms with Crippen LogP contribution in [0.25, 0.3) is 6.08 Å². The molecule has 0 fully saturated rings. The number of nitro benzene ring substituents is 1. The number of methoxy groups -OCH3 is 1. The lowest BCUT2D eigenvalue weighted by molar-refractivity contribution is -0.384. The van der Waals surface area contributed by atoms with Gasteiger partial charge in [0.1, 0.15) is 0 Å². The zero-order chi connectivity index (χ0) is 17.0. The first-order valence-electron chi connectivity index (χ1n) is 6.42. The Balaban J connectivity index is 2.26. The predicted octanol–water partition coefficient (Wildman–Crippen LogP) is 4.29. The molecule has 0 saturated carbocycles. The molecule has 0 atom stereocenters. The number of allylic oxidation sites excluding steroid dienone is 1. The van der Waals surface area contributed by atoms with Crippen LogP contribution >= 0.6 is 11.6 Å². The summed E-state index contributed by atoms with van der Waals surface area (Å²) < 4.78 is 18.4. The average molecular weight is 336 g/mol. The molecule has 0 aromatic heterocycles. The summed E-state index contributed by atoms with van der Waals surface area (Å²) >= 11 is 5.93. The number of rotatable bonds is 5. The van der Waals surface area contributed by atoms with Crippen LogP contribution in [0, 0.1) is 15.9 Å². The molecule has 7 heteroatoms. The molecule has 118 valence electrons. The standard InChI is InChI=1S/C16H11ClFNO4/c1-23-16-7-3-11(9-14(16)18)15(20)6-2-10-8-12(19(21)22)4-5-13(10)17/h2-9H,1H3/b6-2+.